The van der Waals surface area contributed by atoms with Crippen molar-refractivity contribution in [1.82, 2.24) is 9.88 Å². The van der Waals surface area contributed by atoms with Gasteiger partial charge >= 0.3 is 0 Å². The van der Waals surface area contributed by atoms with Gasteiger partial charge in [-0.15, -0.1) is 0 Å². The second-order valence-electron chi connectivity index (χ2n) is 8.15. The van der Waals surface area contributed by atoms with Gasteiger partial charge in [-0.1, -0.05) is 11.8 Å². The van der Waals surface area contributed by atoms with Gasteiger partial charge in [0.25, 0.3) is 5.91 Å². The molecule has 7 heteroatoms. The molecule has 1 amide bonds. The van der Waals surface area contributed by atoms with Crippen LogP contribution in [0.2, 0.25) is 0 Å². The smallest absolute Gasteiger partial charge is 0.284 e. The molecule has 33 heavy (non-hydrogen) atoms. The third-order valence-electron chi connectivity index (χ3n) is 6.07. The largest absolute Gasteiger partial charge is 0.451 e. The highest BCUT2D eigenvalue weighted by Gasteiger charge is 2.18. The number of furan rings is 1. The van der Waals surface area contributed by atoms with Crippen molar-refractivity contribution in [1.29, 1.82) is 5.26 Å². The lowest BCUT2D eigenvalue weighted by Crippen LogP contribution is -2.46. The maximum atomic E-state index is 11.3. The molecule has 3 N–H and O–H groups in total. The first-order chi connectivity index (χ1) is 16.1. The van der Waals surface area contributed by atoms with Crippen molar-refractivity contribution in [2.24, 2.45) is 5.73 Å². The van der Waals surface area contributed by atoms with Gasteiger partial charge in [-0.25, -0.2) is 0 Å². The summed E-state index contributed by atoms with van der Waals surface area (Å²) in [6.45, 7) is 4.72. The summed E-state index contributed by atoms with van der Waals surface area (Å²) in [4.78, 5) is 19.3. The minimum atomic E-state index is -0.555. The number of primary amides is 1. The Morgan fingerprint density at radius 3 is 2.76 bits per heavy atom. The minimum absolute atomic E-state index is 0.186. The molecule has 7 nitrogen and oxygen atoms in total. The summed E-state index contributed by atoms with van der Waals surface area (Å²) in [5, 5.41) is 11.0. The van der Waals surface area contributed by atoms with Gasteiger partial charge in [0, 0.05) is 72.9 Å². The van der Waals surface area contributed by atoms with Crippen LogP contribution in [0.5, 0.6) is 0 Å². The van der Waals surface area contributed by atoms with E-state index in [1.165, 1.54) is 0 Å². The van der Waals surface area contributed by atoms with Crippen LogP contribution in [0.4, 0.5) is 5.69 Å². The fraction of sp³-hybridized carbons (Fsp3) is 0.231. The Bertz CT molecular complexity index is 1440. The van der Waals surface area contributed by atoms with Crippen molar-refractivity contribution in [2.75, 3.05) is 37.6 Å². The molecule has 4 aromatic rings. The zero-order chi connectivity index (χ0) is 22.8. The summed E-state index contributed by atoms with van der Waals surface area (Å²) in [6, 6.07) is 15.4. The van der Waals surface area contributed by atoms with Crippen LogP contribution in [0.15, 0.2) is 53.1 Å². The third kappa shape index (κ3) is 4.27. The average molecular weight is 438 g/mol. The Balaban J connectivity index is 1.16. The second-order valence-corrected chi connectivity index (χ2v) is 8.15. The summed E-state index contributed by atoms with van der Waals surface area (Å²) in [5.74, 6) is 6.17. The Kier molecular flexibility index (Phi) is 5.48. The van der Waals surface area contributed by atoms with Crippen LogP contribution in [0.25, 0.3) is 21.9 Å². The van der Waals surface area contributed by atoms with Crippen LogP contribution in [0.3, 0.4) is 0 Å². The zero-order valence-electron chi connectivity index (χ0n) is 18.1. The summed E-state index contributed by atoms with van der Waals surface area (Å²) >= 11 is 0. The third-order valence-corrected chi connectivity index (χ3v) is 6.07. The molecule has 2 aromatic heterocycles. The number of fused-ring (bicyclic) bond motifs is 2. The SMILES string of the molecule is N#Cc1ccc2[nH]cc(C#CCCN3CCN(c4ccc5oc(C(N)=O)cc5c4)CC3)c2c1. The summed E-state index contributed by atoms with van der Waals surface area (Å²) in [7, 11) is 0. The fourth-order valence-corrected chi connectivity index (χ4v) is 4.24. The van der Waals surface area contributed by atoms with Crippen molar-refractivity contribution in [2.45, 2.75) is 6.42 Å². The quantitative estimate of drug-likeness (QED) is 0.476. The Hall–Kier alpha value is -4.20. The molecule has 0 unspecified atom stereocenters. The van der Waals surface area contributed by atoms with Crippen LogP contribution in [0.1, 0.15) is 28.1 Å². The van der Waals surface area contributed by atoms with E-state index in [4.69, 9.17) is 15.4 Å². The minimum Gasteiger partial charge on any atom is -0.451 e. The topological polar surface area (TPSA) is 102 Å². The molecular weight excluding hydrogens is 414 g/mol. The molecule has 1 aliphatic heterocycles. The number of aromatic amines is 1. The van der Waals surface area contributed by atoms with Crippen molar-refractivity contribution in [3.05, 3.63) is 65.5 Å². The van der Waals surface area contributed by atoms with E-state index in [1.807, 2.05) is 36.5 Å². The predicted molar refractivity (Wildman–Crippen MR) is 128 cm³/mol. The van der Waals surface area contributed by atoms with E-state index in [9.17, 15) is 4.79 Å². The van der Waals surface area contributed by atoms with Gasteiger partial charge in [-0.3, -0.25) is 9.69 Å². The van der Waals surface area contributed by atoms with E-state index in [2.05, 4.69) is 32.7 Å². The van der Waals surface area contributed by atoms with Crippen molar-refractivity contribution < 1.29 is 9.21 Å². The number of anilines is 1. The normalized spacial score (nSPS) is 14.2. The van der Waals surface area contributed by atoms with Crippen molar-refractivity contribution >= 4 is 33.5 Å². The van der Waals surface area contributed by atoms with Gasteiger partial charge < -0.3 is 20.0 Å². The Morgan fingerprint density at radius 2 is 1.97 bits per heavy atom. The number of rotatable bonds is 4. The molecule has 0 bridgehead atoms. The molecule has 164 valence electrons. The number of nitrogens with two attached hydrogens (primary N) is 1. The maximum absolute atomic E-state index is 11.3. The number of hydrogen-bond donors (Lipinski definition) is 2. The van der Waals surface area contributed by atoms with Crippen LogP contribution in [-0.2, 0) is 0 Å². The van der Waals surface area contributed by atoms with Crippen LogP contribution in [-0.4, -0.2) is 48.5 Å². The van der Waals surface area contributed by atoms with E-state index >= 15 is 0 Å². The molecule has 1 aliphatic rings. The van der Waals surface area contributed by atoms with Gasteiger partial charge in [0.05, 0.1) is 11.6 Å². The zero-order valence-corrected chi connectivity index (χ0v) is 18.1. The predicted octanol–water partition coefficient (Wildman–Crippen LogP) is 3.45. The number of H-pyrrole nitrogens is 1. The van der Waals surface area contributed by atoms with Crippen molar-refractivity contribution in [3.63, 3.8) is 0 Å². The van der Waals surface area contributed by atoms with Crippen molar-refractivity contribution in [3.8, 4) is 17.9 Å². The number of carbonyl (C=O) groups is 1. The molecule has 0 saturated carbocycles. The van der Waals surface area contributed by atoms with Gasteiger partial charge in [0.15, 0.2) is 5.76 Å². The second kappa shape index (κ2) is 8.74. The fourth-order valence-electron chi connectivity index (χ4n) is 4.24. The number of nitrogens with one attached hydrogen (secondary N) is 1. The van der Waals surface area contributed by atoms with E-state index in [0.29, 0.717) is 11.1 Å². The van der Waals surface area contributed by atoms with Crippen LogP contribution in [0, 0.1) is 23.2 Å². The van der Waals surface area contributed by atoms with Crippen LogP contribution >= 0.6 is 0 Å². The molecular formula is C26H23N5O2. The number of amides is 1. The van der Waals surface area contributed by atoms with Gasteiger partial charge in [-0.2, -0.15) is 5.26 Å². The van der Waals surface area contributed by atoms with Gasteiger partial charge in [0.1, 0.15) is 5.58 Å². The highest BCUT2D eigenvalue weighted by atomic mass is 16.3. The number of carbonyl (C=O) groups excluding carboxylic acids is 1. The van der Waals surface area contributed by atoms with E-state index in [1.54, 1.807) is 12.1 Å². The molecule has 1 fully saturated rings. The number of benzene rings is 2. The lowest BCUT2D eigenvalue weighted by molar-refractivity contribution is 0.0976. The summed E-state index contributed by atoms with van der Waals surface area (Å²) < 4.78 is 5.48. The molecule has 0 atom stereocenters. The Morgan fingerprint density at radius 1 is 1.12 bits per heavy atom. The summed E-state index contributed by atoms with van der Waals surface area (Å²) in [6.07, 6.45) is 2.70. The first kappa shape index (κ1) is 20.7. The lowest BCUT2D eigenvalue weighted by atomic mass is 10.1. The maximum Gasteiger partial charge on any atom is 0.284 e. The molecule has 3 heterocycles. The highest BCUT2D eigenvalue weighted by molar-refractivity contribution is 5.95. The Labute approximate surface area is 191 Å². The van der Waals surface area contributed by atoms with Crippen LogP contribution < -0.4 is 10.6 Å². The first-order valence-corrected chi connectivity index (χ1v) is 10.9. The molecule has 1 saturated heterocycles. The molecule has 0 radical (unpaired) electrons. The summed E-state index contributed by atoms with van der Waals surface area (Å²) in [5.41, 5.74) is 9.67. The number of aromatic nitrogens is 1. The average Bonchev–Trinajstić information content (AvgIpc) is 3.45. The van der Waals surface area contributed by atoms with Gasteiger partial charge in [-0.05, 0) is 42.5 Å². The van der Waals surface area contributed by atoms with Gasteiger partial charge in [0.2, 0.25) is 0 Å². The highest BCUT2D eigenvalue weighted by Crippen LogP contribution is 2.26. The molecule has 0 aliphatic carbocycles. The first-order valence-electron chi connectivity index (χ1n) is 10.9. The number of nitriles is 1. The van der Waals surface area contributed by atoms with E-state index in [-0.39, 0.29) is 5.76 Å². The van der Waals surface area contributed by atoms with E-state index in [0.717, 1.165) is 66.7 Å². The molecule has 2 aromatic carbocycles. The standard InChI is InChI=1S/C26H23N5O2/c27-16-18-4-6-23-22(13-18)19(17-29-23)3-1-2-8-30-9-11-31(12-10-30)21-5-7-24-20(14-21)15-25(33-24)26(28)32/h4-7,13-15,17,29H,2,8-12H2,(H2,28,32). The number of hydrogen-bond acceptors (Lipinski definition) is 5. The monoisotopic (exact) mass is 437 g/mol. The molecule has 0 spiro atoms. The van der Waals surface area contributed by atoms with E-state index < -0.39 is 5.91 Å². The lowest BCUT2D eigenvalue weighted by Gasteiger charge is -2.35. The number of piperazine rings is 1. The molecule has 5 rings (SSSR count). The number of nitrogens with zero attached hydrogens (tertiary/aromatic N) is 3.